The summed E-state index contributed by atoms with van der Waals surface area (Å²) in [7, 11) is 5.42. The van der Waals surface area contributed by atoms with E-state index in [9.17, 15) is 0 Å². The van der Waals surface area contributed by atoms with Gasteiger partial charge in [0.1, 0.15) is 11.9 Å². The number of hydrogen-bond donors (Lipinski definition) is 0. The predicted octanol–water partition coefficient (Wildman–Crippen LogP) is 5.76. The zero-order chi connectivity index (χ0) is 26.9. The van der Waals surface area contributed by atoms with E-state index in [1.807, 2.05) is 29.3 Å². The molecule has 0 spiro atoms. The van der Waals surface area contributed by atoms with Gasteiger partial charge < -0.3 is 23.8 Å². The van der Waals surface area contributed by atoms with E-state index in [4.69, 9.17) is 18.9 Å². The van der Waals surface area contributed by atoms with E-state index in [0.29, 0.717) is 26.3 Å². The smallest absolute Gasteiger partial charge is 0.377 e. The largest absolute Gasteiger partial charge is 0.408 e. The van der Waals surface area contributed by atoms with Gasteiger partial charge in [-0.3, -0.25) is 0 Å². The highest BCUT2D eigenvalue weighted by Gasteiger charge is 2.23. The summed E-state index contributed by atoms with van der Waals surface area (Å²) in [4.78, 5) is 2.27. The van der Waals surface area contributed by atoms with Gasteiger partial charge in [0.25, 0.3) is 0 Å². The van der Waals surface area contributed by atoms with Crippen LogP contribution in [0.4, 0.5) is 16.5 Å². The van der Waals surface area contributed by atoms with Crippen LogP contribution in [0.15, 0.2) is 40.0 Å². The molecule has 8 nitrogen and oxygen atoms in total. The minimum Gasteiger partial charge on any atom is -0.377 e. The average Bonchev–Trinajstić information content (AvgIpc) is 3.20. The number of nitrogens with zero attached hydrogens (tertiary/aromatic N) is 4. The Labute approximate surface area is 221 Å². The monoisotopic (exact) mass is 521 g/mol. The highest BCUT2D eigenvalue weighted by atomic mass is 32.1. The average molecular weight is 522 g/mol. The molecule has 36 heavy (non-hydrogen) atoms. The molecular weight excluding hydrogens is 476 g/mol. The highest BCUT2D eigenvalue weighted by Crippen LogP contribution is 2.28. The summed E-state index contributed by atoms with van der Waals surface area (Å²) in [5.74, 6) is 0. The Kier molecular flexibility index (Phi) is 11.4. The number of benzene rings is 1. The fourth-order valence-corrected chi connectivity index (χ4v) is 4.00. The Bertz CT molecular complexity index is 937. The third-order valence-corrected chi connectivity index (χ3v) is 6.31. The number of hydrogen-bond acceptors (Lipinski definition) is 8. The molecule has 0 aliphatic carbocycles. The van der Waals surface area contributed by atoms with Crippen molar-refractivity contribution >= 4 is 27.8 Å². The Hall–Kier alpha value is -1.91. The van der Waals surface area contributed by atoms with Crippen LogP contribution in [0, 0.1) is 6.92 Å². The zero-order valence-corrected chi connectivity index (χ0v) is 24.5. The molecule has 2 rings (SSSR count). The fraction of sp³-hybridized carbons (Fsp3) is 0.667. The van der Waals surface area contributed by atoms with Crippen molar-refractivity contribution in [2.24, 2.45) is 17.3 Å². The molecule has 202 valence electrons. The molecule has 0 amide bonds. The number of rotatable bonds is 13. The normalized spacial score (nSPS) is 14.4. The second kappa shape index (κ2) is 13.6. The fourth-order valence-electron chi connectivity index (χ4n) is 3.32. The molecule has 1 aromatic heterocycles. The predicted molar refractivity (Wildman–Crippen MR) is 146 cm³/mol. The SMILES string of the molecule is COC(COC(C)(C)C)CN(CC(COC(C)(C)C)OC)c1ccc(N=Nc2scc[n+]2C)c(C)c1. The molecule has 0 fully saturated rings. The number of ether oxygens (including phenoxy) is 4. The molecule has 2 aromatic rings. The standard InChI is InChI=1S/C27H45N4O4S/c1-20-15-21(11-12-24(20)28-29-25-30(8)13-14-36-25)31(16-22(32-9)18-34-26(2,3)4)17-23(33-10)19-35-27(5,6)7/h11-15,22-23H,16-19H2,1-10H3/q+1. The van der Waals surface area contributed by atoms with Gasteiger partial charge >= 0.3 is 5.13 Å². The third-order valence-electron chi connectivity index (χ3n) is 5.47. The van der Waals surface area contributed by atoms with Crippen LogP contribution in [-0.4, -0.2) is 63.9 Å². The molecule has 0 aliphatic rings. The van der Waals surface area contributed by atoms with Gasteiger partial charge in [0.2, 0.25) is 0 Å². The van der Waals surface area contributed by atoms with Crippen LogP contribution in [-0.2, 0) is 26.0 Å². The second-order valence-corrected chi connectivity index (χ2v) is 11.8. The van der Waals surface area contributed by atoms with Crippen LogP contribution in [0.2, 0.25) is 0 Å². The van der Waals surface area contributed by atoms with E-state index in [1.54, 1.807) is 25.6 Å². The van der Waals surface area contributed by atoms with Crippen molar-refractivity contribution in [3.8, 4) is 0 Å². The zero-order valence-electron chi connectivity index (χ0n) is 23.7. The number of methoxy groups -OCH3 is 2. The summed E-state index contributed by atoms with van der Waals surface area (Å²) in [6, 6.07) is 6.22. The molecule has 0 bridgehead atoms. The van der Waals surface area contributed by atoms with Crippen molar-refractivity contribution in [2.75, 3.05) is 45.4 Å². The molecule has 0 N–H and O–H groups in total. The number of anilines is 1. The van der Waals surface area contributed by atoms with E-state index in [0.717, 1.165) is 22.1 Å². The van der Waals surface area contributed by atoms with Crippen LogP contribution in [0.5, 0.6) is 0 Å². The van der Waals surface area contributed by atoms with Crippen molar-refractivity contribution in [1.82, 2.24) is 0 Å². The molecule has 2 atom stereocenters. The summed E-state index contributed by atoms with van der Waals surface area (Å²) in [5.41, 5.74) is 2.47. The van der Waals surface area contributed by atoms with Crippen molar-refractivity contribution in [1.29, 1.82) is 0 Å². The van der Waals surface area contributed by atoms with Gasteiger partial charge in [-0.15, -0.1) is 0 Å². The number of thiazole rings is 1. The maximum absolute atomic E-state index is 6.03. The molecule has 0 radical (unpaired) electrons. The van der Waals surface area contributed by atoms with Gasteiger partial charge in [-0.05, 0) is 88.7 Å². The maximum atomic E-state index is 6.03. The first-order valence-electron chi connectivity index (χ1n) is 12.3. The van der Waals surface area contributed by atoms with Gasteiger partial charge in [0, 0.05) is 38.4 Å². The summed E-state index contributed by atoms with van der Waals surface area (Å²) >= 11 is 1.56. The van der Waals surface area contributed by atoms with Crippen LogP contribution in [0.25, 0.3) is 0 Å². The first kappa shape index (κ1) is 30.3. The molecular formula is C27H45N4O4S+. The minimum absolute atomic E-state index is 0.108. The molecule has 2 unspecified atom stereocenters. The van der Waals surface area contributed by atoms with Gasteiger partial charge in [0.05, 0.1) is 48.8 Å². The minimum atomic E-state index is -0.236. The molecule has 0 aliphatic heterocycles. The Morgan fingerprint density at radius 1 is 0.917 bits per heavy atom. The van der Waals surface area contributed by atoms with Gasteiger partial charge in [-0.25, -0.2) is 4.57 Å². The van der Waals surface area contributed by atoms with Crippen LogP contribution in [0.1, 0.15) is 47.1 Å². The Morgan fingerprint density at radius 2 is 1.47 bits per heavy atom. The van der Waals surface area contributed by atoms with E-state index in [2.05, 4.69) is 75.7 Å². The van der Waals surface area contributed by atoms with Crippen molar-refractivity contribution in [2.45, 2.75) is 71.9 Å². The number of aryl methyl sites for hydroxylation is 2. The number of aromatic nitrogens is 1. The molecule has 1 heterocycles. The molecule has 0 saturated carbocycles. The Balaban J connectivity index is 2.26. The highest BCUT2D eigenvalue weighted by molar-refractivity contribution is 7.12. The summed E-state index contributed by atoms with van der Waals surface area (Å²) < 4.78 is 25.6. The topological polar surface area (TPSA) is 68.8 Å². The van der Waals surface area contributed by atoms with E-state index < -0.39 is 0 Å². The van der Waals surface area contributed by atoms with Crippen LogP contribution >= 0.6 is 11.3 Å². The van der Waals surface area contributed by atoms with Gasteiger partial charge in [-0.1, -0.05) is 0 Å². The Morgan fingerprint density at radius 3 is 1.89 bits per heavy atom. The second-order valence-electron chi connectivity index (χ2n) is 10.9. The first-order chi connectivity index (χ1) is 16.8. The lowest BCUT2D eigenvalue weighted by molar-refractivity contribution is -0.654. The molecule has 0 saturated heterocycles. The van der Waals surface area contributed by atoms with Gasteiger partial charge in [-0.2, -0.15) is 0 Å². The lowest BCUT2D eigenvalue weighted by Gasteiger charge is -2.33. The van der Waals surface area contributed by atoms with E-state index in [1.165, 1.54) is 0 Å². The molecule has 1 aromatic carbocycles. The molecule has 9 heteroatoms. The van der Waals surface area contributed by atoms with E-state index >= 15 is 0 Å². The lowest BCUT2D eigenvalue weighted by Crippen LogP contribution is -2.43. The van der Waals surface area contributed by atoms with Crippen molar-refractivity contribution in [3.63, 3.8) is 0 Å². The van der Waals surface area contributed by atoms with Crippen LogP contribution in [0.3, 0.4) is 0 Å². The maximum Gasteiger partial charge on any atom is 0.408 e. The summed E-state index contributed by atoms with van der Waals surface area (Å²) in [6.45, 7) is 16.6. The third kappa shape index (κ3) is 10.6. The van der Waals surface area contributed by atoms with E-state index in [-0.39, 0.29) is 23.4 Å². The van der Waals surface area contributed by atoms with Crippen LogP contribution < -0.4 is 9.47 Å². The summed E-state index contributed by atoms with van der Waals surface area (Å²) in [5, 5.41) is 11.7. The first-order valence-corrected chi connectivity index (χ1v) is 13.2. The van der Waals surface area contributed by atoms with Crippen molar-refractivity contribution < 1.29 is 23.5 Å². The summed E-state index contributed by atoms with van der Waals surface area (Å²) in [6.07, 6.45) is 1.76. The quantitative estimate of drug-likeness (QED) is 0.247. The number of azo groups is 1. The lowest BCUT2D eigenvalue weighted by atomic mass is 10.1. The van der Waals surface area contributed by atoms with Crippen molar-refractivity contribution in [3.05, 3.63) is 35.3 Å². The van der Waals surface area contributed by atoms with Gasteiger partial charge in [0.15, 0.2) is 0 Å².